The summed E-state index contributed by atoms with van der Waals surface area (Å²) >= 11 is 0. The van der Waals surface area contributed by atoms with E-state index >= 15 is 0 Å². The number of aliphatic hydroxyl groups is 1. The van der Waals surface area contributed by atoms with Crippen molar-refractivity contribution in [3.05, 3.63) is 4.91 Å². The number of likely N-dealkylation sites (N-methyl/N-ethyl adjacent to an activating group) is 1. The van der Waals surface area contributed by atoms with E-state index in [1.165, 1.54) is 0 Å². The van der Waals surface area contributed by atoms with Gasteiger partial charge in [-0.1, -0.05) is 0 Å². The van der Waals surface area contributed by atoms with Crippen LogP contribution in [0.3, 0.4) is 0 Å². The summed E-state index contributed by atoms with van der Waals surface area (Å²) < 4.78 is 0.273. The molecule has 0 bridgehead atoms. The summed E-state index contributed by atoms with van der Waals surface area (Å²) in [6.07, 6.45) is -0.661. The van der Waals surface area contributed by atoms with Crippen LogP contribution in [0.15, 0.2) is 5.18 Å². The molecule has 0 aliphatic rings. The number of nitroso groups, excluding NO2 is 1. The van der Waals surface area contributed by atoms with E-state index in [0.717, 1.165) is 0 Å². The van der Waals surface area contributed by atoms with Crippen molar-refractivity contribution in [2.24, 2.45) is 5.18 Å². The van der Waals surface area contributed by atoms with E-state index in [-0.39, 0.29) is 11.0 Å². The number of hydrogen-bond acceptors (Lipinski definition) is 4. The van der Waals surface area contributed by atoms with E-state index in [4.69, 9.17) is 5.11 Å². The summed E-state index contributed by atoms with van der Waals surface area (Å²) in [7, 11) is 5.20. The van der Waals surface area contributed by atoms with Crippen molar-refractivity contribution in [2.45, 2.75) is 12.1 Å². The third kappa shape index (κ3) is 5.26. The average Bonchev–Trinajstić information content (AvgIpc) is 1.81. The lowest BCUT2D eigenvalue weighted by Crippen LogP contribution is -2.49. The van der Waals surface area contributed by atoms with Gasteiger partial charge in [0.25, 0.3) is 5.72 Å². The van der Waals surface area contributed by atoms with E-state index in [2.05, 4.69) is 5.18 Å². The van der Waals surface area contributed by atoms with Gasteiger partial charge in [0.15, 0.2) is 0 Å². The van der Waals surface area contributed by atoms with Crippen molar-refractivity contribution >= 4 is 5.97 Å². The molecular weight excluding hydrogens is 176 g/mol. The van der Waals surface area contributed by atoms with Crippen molar-refractivity contribution in [3.8, 4) is 0 Å². The van der Waals surface area contributed by atoms with E-state index in [1.807, 2.05) is 0 Å². The van der Waals surface area contributed by atoms with Crippen LogP contribution in [-0.4, -0.2) is 54.1 Å². The van der Waals surface area contributed by atoms with Crippen LogP contribution in [0, 0.1) is 4.91 Å². The monoisotopic (exact) mass is 191 g/mol. The summed E-state index contributed by atoms with van der Waals surface area (Å²) in [6, 6.07) is 0. The standard InChI is InChI=1S/C7H14N2O4/c1-9(2,3)5-7(12,8-13)4-6(10)11/h12H,4-5H2,1-3H3/p+1. The third-order valence-electron chi connectivity index (χ3n) is 1.33. The summed E-state index contributed by atoms with van der Waals surface area (Å²) in [4.78, 5) is 20.6. The molecule has 0 spiro atoms. The summed E-state index contributed by atoms with van der Waals surface area (Å²) in [5, 5.41) is 20.3. The number of carbonyl (C=O) groups is 1. The highest BCUT2D eigenvalue weighted by Crippen LogP contribution is 2.15. The maximum atomic E-state index is 10.3. The van der Waals surface area contributed by atoms with E-state index < -0.39 is 18.1 Å². The number of nitrogens with zero attached hydrogens (tertiary/aromatic N) is 2. The Morgan fingerprint density at radius 3 is 2.15 bits per heavy atom. The number of quaternary nitrogens is 1. The minimum atomic E-state index is -2.01. The van der Waals surface area contributed by atoms with Crippen LogP contribution in [0.2, 0.25) is 0 Å². The molecule has 76 valence electrons. The van der Waals surface area contributed by atoms with Crippen molar-refractivity contribution in [1.29, 1.82) is 0 Å². The molecule has 1 unspecified atom stereocenters. The second-order valence-electron chi connectivity index (χ2n) is 4.09. The zero-order valence-corrected chi connectivity index (χ0v) is 8.02. The normalized spacial score (nSPS) is 16.3. The number of carboxylic acids is 1. The number of carboxylic acid groups (broad SMARTS) is 1. The predicted molar refractivity (Wildman–Crippen MR) is 45.9 cm³/mol. The molecule has 0 saturated heterocycles. The van der Waals surface area contributed by atoms with Crippen LogP contribution in [-0.2, 0) is 4.79 Å². The Labute approximate surface area is 76.3 Å². The fraction of sp³-hybridized carbons (Fsp3) is 0.857. The van der Waals surface area contributed by atoms with Gasteiger partial charge in [0.05, 0.1) is 21.1 Å². The van der Waals surface area contributed by atoms with Crippen molar-refractivity contribution in [2.75, 3.05) is 27.7 Å². The van der Waals surface area contributed by atoms with Gasteiger partial charge in [0.2, 0.25) is 0 Å². The Hall–Kier alpha value is -1.01. The molecule has 0 aromatic rings. The van der Waals surface area contributed by atoms with Gasteiger partial charge in [-0.25, -0.2) is 0 Å². The first-order valence-corrected chi connectivity index (χ1v) is 3.78. The highest BCUT2D eigenvalue weighted by atomic mass is 16.4. The lowest BCUT2D eigenvalue weighted by atomic mass is 10.1. The van der Waals surface area contributed by atoms with Gasteiger partial charge in [0.1, 0.15) is 13.0 Å². The first-order valence-electron chi connectivity index (χ1n) is 3.78. The smallest absolute Gasteiger partial charge is 0.308 e. The van der Waals surface area contributed by atoms with E-state index in [1.54, 1.807) is 21.1 Å². The topological polar surface area (TPSA) is 87.0 Å². The maximum absolute atomic E-state index is 10.3. The molecule has 1 atom stereocenters. The summed E-state index contributed by atoms with van der Waals surface area (Å²) in [6.45, 7) is -0.0250. The molecule has 2 N–H and O–H groups in total. The highest BCUT2D eigenvalue weighted by Gasteiger charge is 2.37. The van der Waals surface area contributed by atoms with Gasteiger partial charge in [-0.15, -0.1) is 4.91 Å². The Morgan fingerprint density at radius 1 is 1.46 bits per heavy atom. The molecule has 0 heterocycles. The summed E-state index contributed by atoms with van der Waals surface area (Å²) in [5.74, 6) is -1.24. The molecule has 0 aromatic heterocycles. The zero-order chi connectivity index (χ0) is 10.7. The van der Waals surface area contributed by atoms with E-state index in [0.29, 0.717) is 0 Å². The molecule has 0 rings (SSSR count). The van der Waals surface area contributed by atoms with Crippen LogP contribution in [0.4, 0.5) is 0 Å². The number of aliphatic carboxylic acids is 1. The lowest BCUT2D eigenvalue weighted by Gasteiger charge is -2.29. The van der Waals surface area contributed by atoms with Crippen LogP contribution in [0.1, 0.15) is 6.42 Å². The Morgan fingerprint density at radius 2 is 1.92 bits per heavy atom. The SMILES string of the molecule is C[N+](C)(C)CC(O)(CC(=O)O)N=O. The summed E-state index contributed by atoms with van der Waals surface area (Å²) in [5.41, 5.74) is -2.01. The molecular formula is C7H15N2O4+. The van der Waals surface area contributed by atoms with Crippen LogP contribution >= 0.6 is 0 Å². The van der Waals surface area contributed by atoms with Crippen LogP contribution in [0.25, 0.3) is 0 Å². The van der Waals surface area contributed by atoms with Crippen molar-refractivity contribution < 1.29 is 19.5 Å². The molecule has 0 aromatic carbocycles. The Kier molecular flexibility index (Phi) is 3.50. The predicted octanol–water partition coefficient (Wildman–Crippen LogP) is -0.378. The Balaban J connectivity index is 4.46. The van der Waals surface area contributed by atoms with Gasteiger partial charge in [-0.05, 0) is 5.18 Å². The molecule has 6 heteroatoms. The first kappa shape index (κ1) is 12.0. The molecule has 0 fully saturated rings. The average molecular weight is 191 g/mol. The van der Waals surface area contributed by atoms with Gasteiger partial charge < -0.3 is 14.7 Å². The Bertz CT molecular complexity index is 211. The number of hydrogen-bond donors (Lipinski definition) is 2. The van der Waals surface area contributed by atoms with E-state index in [9.17, 15) is 14.8 Å². The van der Waals surface area contributed by atoms with Crippen molar-refractivity contribution in [3.63, 3.8) is 0 Å². The first-order chi connectivity index (χ1) is 5.68. The van der Waals surface area contributed by atoms with Gasteiger partial charge >= 0.3 is 5.97 Å². The molecule has 6 nitrogen and oxygen atoms in total. The zero-order valence-electron chi connectivity index (χ0n) is 8.02. The second kappa shape index (κ2) is 3.80. The maximum Gasteiger partial charge on any atom is 0.308 e. The minimum Gasteiger partial charge on any atom is -0.481 e. The van der Waals surface area contributed by atoms with Gasteiger partial charge in [-0.3, -0.25) is 4.79 Å². The second-order valence-corrected chi connectivity index (χ2v) is 4.09. The highest BCUT2D eigenvalue weighted by molar-refractivity contribution is 5.68. The quantitative estimate of drug-likeness (QED) is 0.458. The van der Waals surface area contributed by atoms with Gasteiger partial charge in [-0.2, -0.15) is 0 Å². The third-order valence-corrected chi connectivity index (χ3v) is 1.33. The molecule has 0 aliphatic carbocycles. The molecule has 0 aliphatic heterocycles. The van der Waals surface area contributed by atoms with Gasteiger partial charge in [0, 0.05) is 0 Å². The fourth-order valence-electron chi connectivity index (χ4n) is 1.12. The fourth-order valence-corrected chi connectivity index (χ4v) is 1.12. The van der Waals surface area contributed by atoms with Crippen molar-refractivity contribution in [1.82, 2.24) is 0 Å². The number of rotatable bonds is 5. The lowest BCUT2D eigenvalue weighted by molar-refractivity contribution is -0.877. The molecule has 0 radical (unpaired) electrons. The van der Waals surface area contributed by atoms with Crippen LogP contribution < -0.4 is 0 Å². The minimum absolute atomic E-state index is 0.0250. The largest absolute Gasteiger partial charge is 0.481 e. The molecule has 0 amide bonds. The van der Waals surface area contributed by atoms with Crippen LogP contribution in [0.5, 0.6) is 0 Å². The molecule has 13 heavy (non-hydrogen) atoms. The molecule has 0 saturated carbocycles.